The summed E-state index contributed by atoms with van der Waals surface area (Å²) in [6, 6.07) is 12.3. The van der Waals surface area contributed by atoms with E-state index in [4.69, 9.17) is 4.84 Å². The highest BCUT2D eigenvalue weighted by atomic mass is 19.1. The Morgan fingerprint density at radius 3 is 2.50 bits per heavy atom. The number of aromatic nitrogens is 1. The van der Waals surface area contributed by atoms with Crippen LogP contribution in [0, 0.1) is 5.82 Å². The largest absolute Gasteiger partial charge is 0.372 e. The molecule has 3 rings (SSSR count). The lowest BCUT2D eigenvalue weighted by Gasteiger charge is -2.35. The van der Waals surface area contributed by atoms with Crippen LogP contribution in [0.1, 0.15) is 5.56 Å². The number of rotatable bonds is 5. The number of halogens is 1. The summed E-state index contributed by atoms with van der Waals surface area (Å²) < 4.78 is 13.1. The topological polar surface area (TPSA) is 40.6 Å². The second-order valence-corrected chi connectivity index (χ2v) is 5.57. The van der Waals surface area contributed by atoms with Gasteiger partial charge in [-0.15, -0.1) is 0 Å². The number of nitrogens with one attached hydrogen (secondary N) is 1. The molecular formula is C18H21FN4O. The number of hydroxylamine groups is 1. The molecule has 5 nitrogen and oxygen atoms in total. The first-order valence-corrected chi connectivity index (χ1v) is 7.93. The molecule has 0 saturated carbocycles. The van der Waals surface area contributed by atoms with E-state index in [9.17, 15) is 4.39 Å². The highest BCUT2D eigenvalue weighted by Gasteiger charge is 2.16. The fourth-order valence-electron chi connectivity index (χ4n) is 2.70. The first-order valence-electron chi connectivity index (χ1n) is 7.93. The van der Waals surface area contributed by atoms with Crippen molar-refractivity contribution in [3.05, 3.63) is 66.2 Å². The normalized spacial score (nSPS) is 15.5. The van der Waals surface area contributed by atoms with Crippen LogP contribution in [0.5, 0.6) is 0 Å². The first-order chi connectivity index (χ1) is 11.8. The molecule has 1 aliphatic rings. The zero-order valence-corrected chi connectivity index (χ0v) is 13.7. The quantitative estimate of drug-likeness (QED) is 0.854. The molecule has 1 N–H and O–H groups in total. The molecule has 1 aromatic heterocycles. The van der Waals surface area contributed by atoms with Crippen molar-refractivity contribution in [2.75, 3.05) is 38.2 Å². The Hall–Kier alpha value is -2.60. The lowest BCUT2D eigenvalue weighted by Crippen LogP contribution is -2.44. The minimum absolute atomic E-state index is 0.250. The van der Waals surface area contributed by atoms with Gasteiger partial charge >= 0.3 is 0 Å². The molecule has 1 aliphatic heterocycles. The number of pyridine rings is 1. The van der Waals surface area contributed by atoms with Gasteiger partial charge in [0, 0.05) is 44.1 Å². The predicted octanol–water partition coefficient (Wildman–Crippen LogP) is 2.49. The Balaban J connectivity index is 1.67. The van der Waals surface area contributed by atoms with Crippen molar-refractivity contribution in [1.29, 1.82) is 0 Å². The predicted molar refractivity (Wildman–Crippen MR) is 92.5 cm³/mol. The average Bonchev–Trinajstić information content (AvgIpc) is 2.63. The van der Waals surface area contributed by atoms with E-state index in [0.717, 1.165) is 43.3 Å². The minimum atomic E-state index is -0.250. The second-order valence-electron chi connectivity index (χ2n) is 5.57. The van der Waals surface area contributed by atoms with Crippen LogP contribution in [0.4, 0.5) is 10.2 Å². The van der Waals surface area contributed by atoms with Gasteiger partial charge in [-0.2, -0.15) is 0 Å². The van der Waals surface area contributed by atoms with Gasteiger partial charge in [0.2, 0.25) is 0 Å². The molecule has 1 aromatic carbocycles. The molecule has 1 fully saturated rings. The van der Waals surface area contributed by atoms with Crippen molar-refractivity contribution in [3.63, 3.8) is 0 Å². The van der Waals surface area contributed by atoms with E-state index >= 15 is 0 Å². The molecule has 1 saturated heterocycles. The lowest BCUT2D eigenvalue weighted by molar-refractivity contribution is 0.135. The van der Waals surface area contributed by atoms with E-state index in [1.165, 1.54) is 12.1 Å². The number of hydrogen-bond acceptors (Lipinski definition) is 5. The van der Waals surface area contributed by atoms with Crippen LogP contribution >= 0.6 is 0 Å². The Morgan fingerprint density at radius 2 is 1.88 bits per heavy atom. The van der Waals surface area contributed by atoms with Crippen LogP contribution in [-0.2, 0) is 4.84 Å². The van der Waals surface area contributed by atoms with Crippen LogP contribution in [0.25, 0.3) is 5.70 Å². The smallest absolute Gasteiger partial charge is 0.128 e. The third kappa shape index (κ3) is 4.02. The van der Waals surface area contributed by atoms with Gasteiger partial charge in [-0.25, -0.2) is 9.37 Å². The average molecular weight is 328 g/mol. The number of benzene rings is 1. The van der Waals surface area contributed by atoms with Gasteiger partial charge in [-0.3, -0.25) is 10.3 Å². The molecule has 0 radical (unpaired) electrons. The summed E-state index contributed by atoms with van der Waals surface area (Å²) in [5, 5.41) is 0. The van der Waals surface area contributed by atoms with E-state index in [0.29, 0.717) is 0 Å². The molecule has 24 heavy (non-hydrogen) atoms. The van der Waals surface area contributed by atoms with E-state index in [1.807, 2.05) is 30.6 Å². The monoisotopic (exact) mass is 328 g/mol. The Kier molecular flexibility index (Phi) is 5.28. The van der Waals surface area contributed by atoms with Crippen molar-refractivity contribution in [2.24, 2.45) is 0 Å². The molecule has 0 spiro atoms. The van der Waals surface area contributed by atoms with E-state index in [2.05, 4.69) is 20.3 Å². The zero-order valence-electron chi connectivity index (χ0n) is 13.7. The molecule has 2 aromatic rings. The summed E-state index contributed by atoms with van der Waals surface area (Å²) in [7, 11) is 1.57. The van der Waals surface area contributed by atoms with Gasteiger partial charge in [0.25, 0.3) is 0 Å². The van der Waals surface area contributed by atoms with Crippen molar-refractivity contribution in [1.82, 2.24) is 15.4 Å². The highest BCUT2D eigenvalue weighted by molar-refractivity contribution is 5.62. The second kappa shape index (κ2) is 7.79. The van der Waals surface area contributed by atoms with Gasteiger partial charge < -0.3 is 9.80 Å². The lowest BCUT2D eigenvalue weighted by atomic mass is 10.1. The molecule has 0 aliphatic carbocycles. The third-order valence-corrected chi connectivity index (χ3v) is 3.97. The van der Waals surface area contributed by atoms with Crippen LogP contribution in [0.15, 0.2) is 54.9 Å². The Morgan fingerprint density at radius 1 is 1.12 bits per heavy atom. The third-order valence-electron chi connectivity index (χ3n) is 3.97. The highest BCUT2D eigenvalue weighted by Crippen LogP contribution is 2.16. The summed E-state index contributed by atoms with van der Waals surface area (Å²) in [4.78, 5) is 14.0. The molecule has 126 valence electrons. The van der Waals surface area contributed by atoms with Gasteiger partial charge in [0.05, 0.1) is 12.8 Å². The summed E-state index contributed by atoms with van der Waals surface area (Å²) in [5.74, 6) is 0.759. The summed E-state index contributed by atoms with van der Waals surface area (Å²) >= 11 is 0. The number of hydrogen-bond donors (Lipinski definition) is 1. The molecule has 2 heterocycles. The van der Waals surface area contributed by atoms with Crippen LogP contribution in [0.2, 0.25) is 0 Å². The number of anilines is 1. The summed E-state index contributed by atoms with van der Waals surface area (Å²) in [6.45, 7) is 3.56. The maximum atomic E-state index is 13.1. The fraction of sp³-hybridized carbons (Fsp3) is 0.278. The van der Waals surface area contributed by atoms with Gasteiger partial charge in [0.15, 0.2) is 0 Å². The van der Waals surface area contributed by atoms with E-state index < -0.39 is 0 Å². The van der Waals surface area contributed by atoms with Crippen molar-refractivity contribution in [2.45, 2.75) is 0 Å². The molecule has 0 amide bonds. The van der Waals surface area contributed by atoms with Crippen LogP contribution < -0.4 is 10.4 Å². The Labute approximate surface area is 141 Å². The van der Waals surface area contributed by atoms with Crippen LogP contribution in [-0.4, -0.2) is 43.2 Å². The van der Waals surface area contributed by atoms with Gasteiger partial charge in [-0.05, 0) is 36.4 Å². The molecular weight excluding hydrogens is 307 g/mol. The zero-order chi connectivity index (χ0) is 16.8. The van der Waals surface area contributed by atoms with Crippen molar-refractivity contribution < 1.29 is 9.23 Å². The molecule has 0 bridgehead atoms. The van der Waals surface area contributed by atoms with Crippen LogP contribution in [0.3, 0.4) is 0 Å². The first kappa shape index (κ1) is 16.3. The molecule has 6 heteroatoms. The maximum absolute atomic E-state index is 13.1. The minimum Gasteiger partial charge on any atom is -0.372 e. The van der Waals surface area contributed by atoms with E-state index in [-0.39, 0.29) is 5.82 Å². The van der Waals surface area contributed by atoms with Crippen molar-refractivity contribution >= 4 is 11.5 Å². The number of piperazine rings is 1. The van der Waals surface area contributed by atoms with Gasteiger partial charge in [0.1, 0.15) is 11.6 Å². The molecule has 0 unspecified atom stereocenters. The maximum Gasteiger partial charge on any atom is 0.128 e. The number of nitrogens with zero attached hydrogens (tertiary/aromatic N) is 3. The SMILES string of the molecule is CONC(=CN1CCN(c2ccccn2)CC1)c1ccc(F)cc1. The van der Waals surface area contributed by atoms with E-state index in [1.54, 1.807) is 19.2 Å². The Bertz CT molecular complexity index is 667. The molecule has 0 atom stereocenters. The van der Waals surface area contributed by atoms with Crippen molar-refractivity contribution in [3.8, 4) is 0 Å². The fourth-order valence-corrected chi connectivity index (χ4v) is 2.70. The summed E-state index contributed by atoms with van der Waals surface area (Å²) in [5.41, 5.74) is 4.57. The standard InChI is InChI=1S/C18H21FN4O/c1-24-21-17(15-5-7-16(19)8-6-15)14-22-10-12-23(13-11-22)18-4-2-3-9-20-18/h2-9,14,21H,10-13H2,1H3. The van der Waals surface area contributed by atoms with Gasteiger partial charge in [-0.1, -0.05) is 6.07 Å². The summed E-state index contributed by atoms with van der Waals surface area (Å²) in [6.07, 6.45) is 3.84.